The Hall–Kier alpha value is -2.20. The number of carbonyl (C=O) groups is 1. The number of ether oxygens (including phenoxy) is 1. The van der Waals surface area contributed by atoms with Crippen LogP contribution in [0.2, 0.25) is 0 Å². The van der Waals surface area contributed by atoms with Crippen LogP contribution in [0.15, 0.2) is 72.8 Å². The van der Waals surface area contributed by atoms with Crippen molar-refractivity contribution in [2.45, 2.75) is 76.1 Å². The predicted octanol–water partition coefficient (Wildman–Crippen LogP) is 7.36. The first kappa shape index (κ1) is 30.8. The van der Waals surface area contributed by atoms with Crippen molar-refractivity contribution in [3.05, 3.63) is 82.2 Å². The van der Waals surface area contributed by atoms with E-state index in [0.717, 1.165) is 27.1 Å². The average Bonchev–Trinajstić information content (AvgIpc) is 3.50. The number of unbranched alkanes of at least 4 members (excludes halogenated alkanes) is 1. The second-order valence-corrected chi connectivity index (χ2v) is 13.5. The second kappa shape index (κ2) is 15.7. The molecule has 0 radical (unpaired) electrons. The van der Waals surface area contributed by atoms with Crippen LogP contribution in [-0.2, 0) is 11.2 Å². The van der Waals surface area contributed by atoms with Crippen molar-refractivity contribution in [2.24, 2.45) is 11.8 Å². The van der Waals surface area contributed by atoms with Gasteiger partial charge in [-0.2, -0.15) is 0 Å². The van der Waals surface area contributed by atoms with E-state index in [0.29, 0.717) is 50.7 Å². The third-order valence-corrected chi connectivity index (χ3v) is 10.5. The molecule has 0 saturated heterocycles. The van der Waals surface area contributed by atoms with Crippen LogP contribution in [0.1, 0.15) is 56.9 Å². The number of aliphatic hydroxyl groups is 3. The van der Waals surface area contributed by atoms with Crippen molar-refractivity contribution in [3.8, 4) is 16.2 Å². The van der Waals surface area contributed by atoms with Crippen LogP contribution in [0, 0.1) is 15.7 Å². The summed E-state index contributed by atoms with van der Waals surface area (Å²) >= 11 is 5.19. The number of rotatable bonds is 14. The van der Waals surface area contributed by atoms with E-state index in [9.17, 15) is 20.1 Å². The third-order valence-electron chi connectivity index (χ3n) is 7.62. The molecule has 0 unspecified atom stereocenters. The van der Waals surface area contributed by atoms with E-state index in [4.69, 9.17) is 17.0 Å². The molecule has 1 aromatic heterocycles. The Bertz CT molecular complexity index is 1270. The van der Waals surface area contributed by atoms with Gasteiger partial charge >= 0.3 is 5.97 Å². The second-order valence-electron chi connectivity index (χ2n) is 10.5. The van der Waals surface area contributed by atoms with Crippen molar-refractivity contribution in [1.29, 1.82) is 0 Å². The van der Waals surface area contributed by atoms with Gasteiger partial charge in [-0.15, -0.1) is 0 Å². The molecule has 3 aromatic rings. The first-order chi connectivity index (χ1) is 19.4. The zero-order valence-electron chi connectivity index (χ0n) is 22.6. The zero-order valence-corrected chi connectivity index (χ0v) is 25.0. The minimum absolute atomic E-state index is 0.0203. The largest absolute Gasteiger partial charge is 0.427 e. The lowest BCUT2D eigenvalue weighted by atomic mass is 9.85. The summed E-state index contributed by atoms with van der Waals surface area (Å²) in [6.45, 7) is 0. The van der Waals surface area contributed by atoms with Gasteiger partial charge in [-0.3, -0.25) is 4.79 Å². The zero-order chi connectivity index (χ0) is 28.3. The quantitative estimate of drug-likeness (QED) is 0.0449. The lowest BCUT2D eigenvalue weighted by Gasteiger charge is -2.23. The molecule has 0 aliphatic heterocycles. The van der Waals surface area contributed by atoms with Gasteiger partial charge in [-0.1, -0.05) is 75.4 Å². The van der Waals surface area contributed by atoms with Gasteiger partial charge in [0.05, 0.1) is 18.3 Å². The summed E-state index contributed by atoms with van der Waals surface area (Å²) < 4.78 is 6.33. The topological polar surface area (TPSA) is 87.0 Å². The van der Waals surface area contributed by atoms with Crippen LogP contribution in [0.3, 0.4) is 0 Å². The van der Waals surface area contributed by atoms with E-state index in [1.165, 1.54) is 5.56 Å². The molecule has 3 N–H and O–H groups in total. The van der Waals surface area contributed by atoms with Crippen molar-refractivity contribution in [1.82, 2.24) is 0 Å². The highest BCUT2D eigenvalue weighted by molar-refractivity contribution is 7.80. The molecule has 1 fully saturated rings. The van der Waals surface area contributed by atoms with Gasteiger partial charge in [0.15, 0.2) is 0 Å². The molecule has 1 heterocycles. The number of allylic oxidation sites excluding steroid dienone is 2. The summed E-state index contributed by atoms with van der Waals surface area (Å²) in [4.78, 5) is 13.4. The Labute approximate surface area is 249 Å². The van der Waals surface area contributed by atoms with Gasteiger partial charge in [-0.25, -0.2) is 0 Å². The summed E-state index contributed by atoms with van der Waals surface area (Å²) in [5.41, 5.74) is 2.27. The molecule has 40 heavy (non-hydrogen) atoms. The van der Waals surface area contributed by atoms with Gasteiger partial charge in [-0.05, 0) is 105 Å². The third kappa shape index (κ3) is 9.43. The standard InChI is InChI=1S/C32H38O5S3/c33-24(15-12-22-8-4-3-5-9-22)16-19-27-26(28(34)20-29(27)35)10-6-1-2-7-11-31(36)37-25-17-13-23(14-18-25)30-21-32(38)40-39-30/h1,3-6,8-9,13-14,17-18,21,24,26-29,33-35H,2,7,10-12,15-16,19-20H2/b6-1-/t24-,26+,27+,28-,29+/m0/s1. The molecule has 5 atom stereocenters. The number of aryl methyl sites for hydroxylation is 1. The molecule has 214 valence electrons. The minimum Gasteiger partial charge on any atom is -0.427 e. The Balaban J connectivity index is 1.14. The molecule has 1 aliphatic rings. The molecule has 0 amide bonds. The number of carbonyl (C=O) groups excluding carboxylic acids is 1. The van der Waals surface area contributed by atoms with Gasteiger partial charge in [0.2, 0.25) is 0 Å². The molecule has 1 saturated carbocycles. The highest BCUT2D eigenvalue weighted by Crippen LogP contribution is 2.38. The Morgan fingerprint density at radius 2 is 1.75 bits per heavy atom. The molecule has 0 spiro atoms. The molecule has 0 bridgehead atoms. The summed E-state index contributed by atoms with van der Waals surface area (Å²) in [7, 11) is 3.21. The molecule has 1 aliphatic carbocycles. The van der Waals surface area contributed by atoms with Gasteiger partial charge < -0.3 is 20.1 Å². The summed E-state index contributed by atoms with van der Waals surface area (Å²) in [5.74, 6) is 0.236. The first-order valence-electron chi connectivity index (χ1n) is 14.0. The van der Waals surface area contributed by atoms with E-state index < -0.39 is 18.3 Å². The van der Waals surface area contributed by atoms with Gasteiger partial charge in [0, 0.05) is 11.3 Å². The van der Waals surface area contributed by atoms with E-state index in [1.54, 1.807) is 32.8 Å². The average molecular weight is 599 g/mol. The Morgan fingerprint density at radius 1 is 1.00 bits per heavy atom. The number of aliphatic hydroxyl groups excluding tert-OH is 3. The molecular weight excluding hydrogens is 561 g/mol. The van der Waals surface area contributed by atoms with E-state index in [1.807, 2.05) is 42.5 Å². The maximum atomic E-state index is 12.3. The number of esters is 1. The Morgan fingerprint density at radius 3 is 2.48 bits per heavy atom. The van der Waals surface area contributed by atoms with Crippen molar-refractivity contribution in [2.75, 3.05) is 0 Å². The van der Waals surface area contributed by atoms with Crippen molar-refractivity contribution in [3.63, 3.8) is 0 Å². The lowest BCUT2D eigenvalue weighted by molar-refractivity contribution is -0.134. The highest BCUT2D eigenvalue weighted by atomic mass is 32.9. The smallest absolute Gasteiger partial charge is 0.311 e. The summed E-state index contributed by atoms with van der Waals surface area (Å²) in [5, 5.41) is 31.5. The SMILES string of the molecule is O=C(CCC/C=C\C[C@@H]1[C@@H](CC[C@@H](O)CCc2ccccc2)[C@H](O)C[C@@H]1O)Oc1ccc(-c2cc(=S)ss2)cc1. The van der Waals surface area contributed by atoms with Gasteiger partial charge in [0.25, 0.3) is 0 Å². The molecule has 2 aromatic carbocycles. The van der Waals surface area contributed by atoms with E-state index >= 15 is 0 Å². The van der Waals surface area contributed by atoms with E-state index in [2.05, 4.69) is 18.2 Å². The van der Waals surface area contributed by atoms with E-state index in [-0.39, 0.29) is 17.8 Å². The molecule has 5 nitrogen and oxygen atoms in total. The maximum Gasteiger partial charge on any atom is 0.311 e. The summed E-state index contributed by atoms with van der Waals surface area (Å²) in [6.07, 6.45) is 8.26. The highest BCUT2D eigenvalue weighted by Gasteiger charge is 2.40. The minimum atomic E-state index is -0.538. The fraction of sp³-hybridized carbons (Fsp3) is 0.438. The van der Waals surface area contributed by atoms with Crippen LogP contribution in [0.5, 0.6) is 5.75 Å². The first-order valence-corrected chi connectivity index (χ1v) is 16.6. The fourth-order valence-electron chi connectivity index (χ4n) is 5.39. The van der Waals surface area contributed by atoms with Crippen LogP contribution < -0.4 is 4.74 Å². The maximum absolute atomic E-state index is 12.3. The lowest BCUT2D eigenvalue weighted by Crippen LogP contribution is -2.23. The van der Waals surface area contributed by atoms with Crippen molar-refractivity contribution < 1.29 is 24.9 Å². The van der Waals surface area contributed by atoms with Crippen LogP contribution in [-0.4, -0.2) is 39.6 Å². The summed E-state index contributed by atoms with van der Waals surface area (Å²) in [6, 6.07) is 19.6. The van der Waals surface area contributed by atoms with Crippen LogP contribution >= 0.6 is 32.9 Å². The molecule has 8 heteroatoms. The fourth-order valence-corrected chi connectivity index (χ4v) is 7.79. The molecular formula is C32H38O5S3. The Kier molecular flexibility index (Phi) is 12.1. The van der Waals surface area contributed by atoms with Crippen LogP contribution in [0.25, 0.3) is 10.4 Å². The monoisotopic (exact) mass is 598 g/mol. The van der Waals surface area contributed by atoms with Gasteiger partial charge in [0.1, 0.15) is 9.57 Å². The molecule has 4 rings (SSSR count). The number of hydrogen-bond donors (Lipinski definition) is 3. The number of benzene rings is 2. The normalized spacial score (nSPS) is 21.6. The predicted molar refractivity (Wildman–Crippen MR) is 165 cm³/mol. The van der Waals surface area contributed by atoms with Crippen LogP contribution in [0.4, 0.5) is 0 Å². The van der Waals surface area contributed by atoms with Crippen molar-refractivity contribution >= 4 is 38.9 Å². The number of hydrogen-bond acceptors (Lipinski definition) is 8.